The summed E-state index contributed by atoms with van der Waals surface area (Å²) in [5.41, 5.74) is 0.444. The molecular weight excluding hydrogens is 298 g/mol. The number of rotatable bonds is 4. The fourth-order valence-corrected chi connectivity index (χ4v) is 3.44. The van der Waals surface area contributed by atoms with Crippen LogP contribution in [0.25, 0.3) is 0 Å². The Morgan fingerprint density at radius 3 is 2.48 bits per heavy atom. The highest BCUT2D eigenvalue weighted by Gasteiger charge is 2.25. The van der Waals surface area contributed by atoms with Crippen LogP contribution in [-0.2, 0) is 10.0 Å². The fraction of sp³-hybridized carbons (Fsp3) is 0.250. The molecule has 2 rings (SSSR count). The van der Waals surface area contributed by atoms with Crippen molar-refractivity contribution in [2.24, 2.45) is 0 Å². The fourth-order valence-electron chi connectivity index (χ4n) is 1.99. The van der Waals surface area contributed by atoms with Gasteiger partial charge in [0, 0.05) is 6.07 Å². The van der Waals surface area contributed by atoms with Crippen LogP contribution in [-0.4, -0.2) is 18.5 Å². The van der Waals surface area contributed by atoms with Crippen molar-refractivity contribution in [2.45, 2.75) is 25.7 Å². The lowest BCUT2D eigenvalue weighted by atomic mass is 10.2. The Bertz CT molecular complexity index is 791. The molecule has 2 aromatic rings. The third-order valence-corrected chi connectivity index (χ3v) is 4.59. The van der Waals surface area contributed by atoms with E-state index in [-0.39, 0.29) is 33.3 Å². The maximum absolute atomic E-state index is 12.4. The summed E-state index contributed by atoms with van der Waals surface area (Å²) in [6.07, 6.45) is 0. The molecule has 0 aliphatic carbocycles. The Morgan fingerprint density at radius 2 is 1.95 bits per heavy atom. The van der Waals surface area contributed by atoms with Crippen molar-refractivity contribution < 1.29 is 17.9 Å². The maximum Gasteiger partial charge on any atom is 0.274 e. The van der Waals surface area contributed by atoms with Crippen molar-refractivity contribution in [3.63, 3.8) is 0 Å². The van der Waals surface area contributed by atoms with Gasteiger partial charge >= 0.3 is 0 Å². The highest BCUT2D eigenvalue weighted by atomic mass is 32.2. The van der Waals surface area contributed by atoms with E-state index in [0.29, 0.717) is 0 Å². The highest BCUT2D eigenvalue weighted by Crippen LogP contribution is 2.28. The molecule has 0 saturated heterocycles. The topological polar surface area (TPSA) is 115 Å². The molecule has 8 nitrogen and oxygen atoms in total. The lowest BCUT2D eigenvalue weighted by Gasteiger charge is -2.10. The number of benzene rings is 1. The minimum absolute atomic E-state index is 0.0617. The summed E-state index contributed by atoms with van der Waals surface area (Å²) < 4.78 is 31.9. The Labute approximate surface area is 121 Å². The van der Waals surface area contributed by atoms with Crippen LogP contribution in [0.4, 0.5) is 11.4 Å². The molecule has 0 fully saturated rings. The summed E-state index contributed by atoms with van der Waals surface area (Å²) in [7, 11) is -3.93. The zero-order chi connectivity index (χ0) is 15.8. The molecule has 0 spiro atoms. The number of nitrogens with zero attached hydrogens (tertiary/aromatic N) is 2. The van der Waals surface area contributed by atoms with E-state index in [1.807, 2.05) is 0 Å². The van der Waals surface area contributed by atoms with Gasteiger partial charge < -0.3 is 4.52 Å². The molecule has 0 aliphatic heterocycles. The Kier molecular flexibility index (Phi) is 3.69. The first-order valence-electron chi connectivity index (χ1n) is 5.93. The maximum atomic E-state index is 12.4. The summed E-state index contributed by atoms with van der Waals surface area (Å²) >= 11 is 0. The summed E-state index contributed by atoms with van der Waals surface area (Å²) in [6, 6.07) is 4.18. The molecule has 0 radical (unpaired) electrons. The van der Waals surface area contributed by atoms with Crippen LogP contribution in [0.1, 0.15) is 17.0 Å². The smallest absolute Gasteiger partial charge is 0.274 e. The van der Waals surface area contributed by atoms with Gasteiger partial charge in [-0.15, -0.1) is 0 Å². The average molecular weight is 311 g/mol. The van der Waals surface area contributed by atoms with E-state index >= 15 is 0 Å². The lowest BCUT2D eigenvalue weighted by molar-refractivity contribution is -0.385. The van der Waals surface area contributed by atoms with Crippen LogP contribution in [0.5, 0.6) is 0 Å². The first-order valence-corrected chi connectivity index (χ1v) is 7.42. The molecule has 0 aliphatic rings. The Hall–Kier alpha value is -2.42. The van der Waals surface area contributed by atoms with E-state index in [1.54, 1.807) is 0 Å². The van der Waals surface area contributed by atoms with Crippen molar-refractivity contribution in [1.82, 2.24) is 5.16 Å². The van der Waals surface area contributed by atoms with Gasteiger partial charge in [0.05, 0.1) is 16.2 Å². The highest BCUT2D eigenvalue weighted by molar-refractivity contribution is 7.92. The predicted octanol–water partition coefficient (Wildman–Crippen LogP) is 2.31. The standard InChI is InChI=1S/C12H13N3O5S/c1-7-10(5-4-6-11(7)15(16)17)14-21(18,19)12-8(2)13-20-9(12)3/h4-6,14H,1-3H3. The summed E-state index contributed by atoms with van der Waals surface area (Å²) in [6.45, 7) is 4.46. The van der Waals surface area contributed by atoms with E-state index in [0.717, 1.165) is 0 Å². The number of nitrogens with one attached hydrogen (secondary N) is 1. The first kappa shape index (κ1) is 15.0. The van der Waals surface area contributed by atoms with Gasteiger partial charge in [0.1, 0.15) is 5.69 Å². The van der Waals surface area contributed by atoms with Gasteiger partial charge in [0.2, 0.25) is 0 Å². The second-order valence-electron chi connectivity index (χ2n) is 4.47. The third-order valence-electron chi connectivity index (χ3n) is 2.98. The van der Waals surface area contributed by atoms with Crippen LogP contribution in [0, 0.1) is 30.9 Å². The number of aromatic nitrogens is 1. The quantitative estimate of drug-likeness (QED) is 0.684. The van der Waals surface area contributed by atoms with Crippen LogP contribution in [0.15, 0.2) is 27.6 Å². The van der Waals surface area contributed by atoms with Crippen molar-refractivity contribution in [2.75, 3.05) is 4.72 Å². The zero-order valence-corrected chi connectivity index (χ0v) is 12.4. The Balaban J connectivity index is 2.48. The largest absolute Gasteiger partial charge is 0.360 e. The lowest BCUT2D eigenvalue weighted by Crippen LogP contribution is -2.15. The molecule has 0 unspecified atom stereocenters. The molecule has 21 heavy (non-hydrogen) atoms. The molecule has 112 valence electrons. The van der Waals surface area contributed by atoms with Gasteiger partial charge in [0.15, 0.2) is 10.7 Å². The zero-order valence-electron chi connectivity index (χ0n) is 11.6. The molecule has 1 aromatic heterocycles. The molecule has 0 saturated carbocycles. The van der Waals surface area contributed by atoms with Gasteiger partial charge in [-0.1, -0.05) is 11.2 Å². The number of anilines is 1. The number of hydrogen-bond donors (Lipinski definition) is 1. The molecule has 1 aromatic carbocycles. The van der Waals surface area contributed by atoms with Crippen molar-refractivity contribution >= 4 is 21.4 Å². The Morgan fingerprint density at radius 1 is 1.29 bits per heavy atom. The van der Waals surface area contributed by atoms with E-state index in [2.05, 4.69) is 9.88 Å². The van der Waals surface area contributed by atoms with Gasteiger partial charge in [-0.25, -0.2) is 8.42 Å². The normalized spacial score (nSPS) is 11.4. The van der Waals surface area contributed by atoms with Crippen LogP contribution in [0.3, 0.4) is 0 Å². The summed E-state index contributed by atoms with van der Waals surface area (Å²) in [4.78, 5) is 10.3. The van der Waals surface area contributed by atoms with E-state index in [1.165, 1.54) is 39.0 Å². The molecule has 0 amide bonds. The molecule has 0 bridgehead atoms. The summed E-state index contributed by atoms with van der Waals surface area (Å²) in [5.74, 6) is 0.156. The van der Waals surface area contributed by atoms with Crippen LogP contribution in [0.2, 0.25) is 0 Å². The first-order chi connectivity index (χ1) is 9.74. The molecule has 1 N–H and O–H groups in total. The van der Waals surface area contributed by atoms with Crippen molar-refractivity contribution in [1.29, 1.82) is 0 Å². The number of nitro benzene ring substituents is 1. The van der Waals surface area contributed by atoms with Crippen molar-refractivity contribution in [3.8, 4) is 0 Å². The van der Waals surface area contributed by atoms with Gasteiger partial charge in [-0.3, -0.25) is 14.8 Å². The van der Waals surface area contributed by atoms with Crippen molar-refractivity contribution in [3.05, 3.63) is 45.3 Å². The minimum Gasteiger partial charge on any atom is -0.360 e. The van der Waals surface area contributed by atoms with Gasteiger partial charge in [-0.2, -0.15) is 0 Å². The molecular formula is C12H13N3O5S. The molecule has 0 atom stereocenters. The summed E-state index contributed by atoms with van der Waals surface area (Å²) in [5, 5.41) is 14.5. The van der Waals surface area contributed by atoms with E-state index in [4.69, 9.17) is 4.52 Å². The number of hydrogen-bond acceptors (Lipinski definition) is 6. The number of aryl methyl sites for hydroxylation is 2. The van der Waals surface area contributed by atoms with E-state index < -0.39 is 14.9 Å². The average Bonchev–Trinajstić information content (AvgIpc) is 2.71. The monoisotopic (exact) mass is 311 g/mol. The SMILES string of the molecule is Cc1noc(C)c1S(=O)(=O)Nc1cccc([N+](=O)[O-])c1C. The van der Waals surface area contributed by atoms with Crippen LogP contribution >= 0.6 is 0 Å². The van der Waals surface area contributed by atoms with Crippen LogP contribution < -0.4 is 4.72 Å². The minimum atomic E-state index is -3.93. The van der Waals surface area contributed by atoms with E-state index in [9.17, 15) is 18.5 Å². The molecule has 9 heteroatoms. The molecule has 1 heterocycles. The second-order valence-corrected chi connectivity index (χ2v) is 6.08. The third kappa shape index (κ3) is 2.72. The number of sulfonamides is 1. The van der Waals surface area contributed by atoms with Gasteiger partial charge in [0.25, 0.3) is 15.7 Å². The van der Waals surface area contributed by atoms with Gasteiger partial charge in [-0.05, 0) is 26.8 Å². The second kappa shape index (κ2) is 5.17. The predicted molar refractivity (Wildman–Crippen MR) is 74.6 cm³/mol. The number of nitro groups is 1.